The quantitative estimate of drug-likeness (QED) is 0.638. The molecule has 0 aliphatic heterocycles. The fraction of sp³-hybridized carbons (Fsp3) is 0.385. The van der Waals surface area contributed by atoms with Gasteiger partial charge in [0.15, 0.2) is 0 Å². The van der Waals surface area contributed by atoms with Gasteiger partial charge >= 0.3 is 5.97 Å². The highest BCUT2D eigenvalue weighted by atomic mass is 35.5. The highest BCUT2D eigenvalue weighted by molar-refractivity contribution is 6.31. The lowest BCUT2D eigenvalue weighted by Crippen LogP contribution is -2.10. The summed E-state index contributed by atoms with van der Waals surface area (Å²) in [5.74, 6) is -0.314. The van der Waals surface area contributed by atoms with Gasteiger partial charge in [0.25, 0.3) is 0 Å². The molecular formula is C13H13Cl2FN2O2. The molecule has 0 fully saturated rings. The number of alkyl halides is 1. The van der Waals surface area contributed by atoms with E-state index < -0.39 is 5.82 Å². The Hall–Kier alpha value is -1.33. The van der Waals surface area contributed by atoms with E-state index in [9.17, 15) is 9.18 Å². The summed E-state index contributed by atoms with van der Waals surface area (Å²) in [5.41, 5.74) is 1.10. The zero-order valence-electron chi connectivity index (χ0n) is 11.0. The summed E-state index contributed by atoms with van der Waals surface area (Å²) in [5, 5.41) is -0.368. The fourth-order valence-corrected chi connectivity index (χ4v) is 2.31. The summed E-state index contributed by atoms with van der Waals surface area (Å²) in [6, 6.07) is 2.74. The monoisotopic (exact) mass is 318 g/mol. The Kier molecular flexibility index (Phi) is 4.50. The number of nitrogens with zero attached hydrogens (tertiary/aromatic N) is 2. The number of aryl methyl sites for hydroxylation is 1. The molecule has 7 heteroatoms. The third kappa shape index (κ3) is 2.88. The summed E-state index contributed by atoms with van der Waals surface area (Å²) in [7, 11) is 1.33. The minimum atomic E-state index is -0.537. The number of hydrogen-bond donors (Lipinski definition) is 0. The summed E-state index contributed by atoms with van der Waals surface area (Å²) in [6.45, 7) is 2.10. The summed E-state index contributed by atoms with van der Waals surface area (Å²) in [4.78, 5) is 15.6. The van der Waals surface area contributed by atoms with Crippen LogP contribution in [0.5, 0.6) is 0 Å². The molecule has 0 aliphatic rings. The number of rotatable bonds is 4. The molecule has 4 nitrogen and oxygen atoms in total. The first-order valence-corrected chi connectivity index (χ1v) is 6.81. The summed E-state index contributed by atoms with van der Waals surface area (Å²) < 4.78 is 19.8. The van der Waals surface area contributed by atoms with E-state index in [2.05, 4.69) is 9.72 Å². The molecule has 0 N–H and O–H groups in total. The third-order valence-corrected chi connectivity index (χ3v) is 3.43. The second-order valence-corrected chi connectivity index (χ2v) is 5.38. The van der Waals surface area contributed by atoms with Gasteiger partial charge in [0.1, 0.15) is 11.6 Å². The number of benzene rings is 1. The Morgan fingerprint density at radius 1 is 1.55 bits per heavy atom. The minimum Gasteiger partial charge on any atom is -0.469 e. The maximum absolute atomic E-state index is 13.5. The first-order valence-electron chi connectivity index (χ1n) is 6.00. The van der Waals surface area contributed by atoms with Gasteiger partial charge in [0.2, 0.25) is 0 Å². The Morgan fingerprint density at radius 2 is 2.25 bits per heavy atom. The fourth-order valence-electron chi connectivity index (χ4n) is 1.98. The van der Waals surface area contributed by atoms with E-state index in [1.165, 1.54) is 19.2 Å². The molecule has 0 aliphatic carbocycles. The van der Waals surface area contributed by atoms with Crippen molar-refractivity contribution in [2.45, 2.75) is 25.3 Å². The number of aromatic nitrogens is 2. The van der Waals surface area contributed by atoms with Gasteiger partial charge in [-0.3, -0.25) is 4.79 Å². The Morgan fingerprint density at radius 3 is 2.85 bits per heavy atom. The van der Waals surface area contributed by atoms with Crippen molar-refractivity contribution in [2.24, 2.45) is 0 Å². The van der Waals surface area contributed by atoms with Crippen LogP contribution in [0.2, 0.25) is 5.02 Å². The highest BCUT2D eigenvalue weighted by Crippen LogP contribution is 2.28. The highest BCUT2D eigenvalue weighted by Gasteiger charge is 2.17. The number of carbonyl (C=O) groups is 1. The number of halogens is 3. The van der Waals surface area contributed by atoms with Crippen LogP contribution in [-0.4, -0.2) is 22.6 Å². The SMILES string of the molecule is COC(=O)CCn1c(C(C)Cl)nc2cc(F)c(Cl)cc21. The van der Waals surface area contributed by atoms with Crippen molar-refractivity contribution in [3.05, 3.63) is 28.8 Å². The average Bonchev–Trinajstić information content (AvgIpc) is 2.74. The maximum Gasteiger partial charge on any atom is 0.307 e. The molecule has 0 amide bonds. The largest absolute Gasteiger partial charge is 0.469 e. The van der Waals surface area contributed by atoms with Crippen LogP contribution in [0, 0.1) is 5.82 Å². The molecule has 1 heterocycles. The van der Waals surface area contributed by atoms with Crippen LogP contribution in [0.1, 0.15) is 24.5 Å². The molecule has 1 aromatic carbocycles. The van der Waals surface area contributed by atoms with Crippen molar-refractivity contribution in [2.75, 3.05) is 7.11 Å². The molecule has 1 aromatic heterocycles. The molecule has 2 rings (SSSR count). The Balaban J connectivity index is 2.50. The van der Waals surface area contributed by atoms with Crippen molar-refractivity contribution in [3.63, 3.8) is 0 Å². The third-order valence-electron chi connectivity index (χ3n) is 2.94. The number of fused-ring (bicyclic) bond motifs is 1. The number of carbonyl (C=O) groups excluding carboxylic acids is 1. The molecule has 0 radical (unpaired) electrons. The van der Waals surface area contributed by atoms with E-state index in [4.69, 9.17) is 23.2 Å². The van der Waals surface area contributed by atoms with Gasteiger partial charge in [-0.1, -0.05) is 11.6 Å². The molecule has 1 atom stereocenters. The van der Waals surface area contributed by atoms with E-state index in [0.29, 0.717) is 23.4 Å². The van der Waals surface area contributed by atoms with Crippen LogP contribution in [-0.2, 0) is 16.1 Å². The Labute approximate surface area is 125 Å². The van der Waals surface area contributed by atoms with E-state index >= 15 is 0 Å². The summed E-state index contributed by atoms with van der Waals surface area (Å²) >= 11 is 11.9. The second-order valence-electron chi connectivity index (χ2n) is 4.32. The topological polar surface area (TPSA) is 44.1 Å². The second kappa shape index (κ2) is 5.97. The van der Waals surface area contributed by atoms with Gasteiger partial charge in [-0.2, -0.15) is 0 Å². The Bertz CT molecular complexity index is 655. The number of esters is 1. The van der Waals surface area contributed by atoms with Crippen LogP contribution in [0.4, 0.5) is 4.39 Å². The average molecular weight is 319 g/mol. The maximum atomic E-state index is 13.5. The zero-order chi connectivity index (χ0) is 14.9. The first-order chi connectivity index (χ1) is 9.43. The van der Waals surface area contributed by atoms with Crippen molar-refractivity contribution in [3.8, 4) is 0 Å². The molecule has 0 bridgehead atoms. The number of imidazole rings is 1. The van der Waals surface area contributed by atoms with Crippen LogP contribution in [0.15, 0.2) is 12.1 Å². The zero-order valence-corrected chi connectivity index (χ0v) is 12.5. The first kappa shape index (κ1) is 15.1. The predicted octanol–water partition coefficient (Wildman–Crippen LogP) is 3.69. The number of hydrogen-bond acceptors (Lipinski definition) is 3. The van der Waals surface area contributed by atoms with E-state index in [1.54, 1.807) is 11.5 Å². The molecule has 0 spiro atoms. The normalized spacial score (nSPS) is 12.7. The molecule has 0 saturated carbocycles. The number of methoxy groups -OCH3 is 1. The van der Waals surface area contributed by atoms with Crippen LogP contribution >= 0.6 is 23.2 Å². The van der Waals surface area contributed by atoms with E-state index in [1.807, 2.05) is 0 Å². The summed E-state index contributed by atoms with van der Waals surface area (Å²) in [6.07, 6.45) is 0.174. The van der Waals surface area contributed by atoms with Crippen LogP contribution in [0.25, 0.3) is 11.0 Å². The van der Waals surface area contributed by atoms with Gasteiger partial charge in [-0.25, -0.2) is 9.37 Å². The standard InChI is InChI=1S/C13H13Cl2FN2O2/c1-7(14)13-17-10-6-9(16)8(15)5-11(10)18(13)4-3-12(19)20-2/h5-7H,3-4H2,1-2H3. The molecule has 2 aromatic rings. The van der Waals surface area contributed by atoms with Crippen LogP contribution < -0.4 is 0 Å². The van der Waals surface area contributed by atoms with Crippen LogP contribution in [0.3, 0.4) is 0 Å². The molecule has 0 saturated heterocycles. The smallest absolute Gasteiger partial charge is 0.307 e. The molecule has 20 heavy (non-hydrogen) atoms. The van der Waals surface area contributed by atoms with Crippen molar-refractivity contribution in [1.29, 1.82) is 0 Å². The molecule has 1 unspecified atom stereocenters. The lowest BCUT2D eigenvalue weighted by molar-refractivity contribution is -0.140. The number of ether oxygens (including phenoxy) is 1. The van der Waals surface area contributed by atoms with E-state index in [0.717, 1.165) is 0 Å². The molecular weight excluding hydrogens is 306 g/mol. The van der Waals surface area contributed by atoms with Crippen molar-refractivity contribution < 1.29 is 13.9 Å². The van der Waals surface area contributed by atoms with Gasteiger partial charge in [-0.15, -0.1) is 11.6 Å². The lowest BCUT2D eigenvalue weighted by atomic mass is 10.3. The van der Waals surface area contributed by atoms with Gasteiger partial charge in [0.05, 0.1) is 35.0 Å². The van der Waals surface area contributed by atoms with Crippen molar-refractivity contribution in [1.82, 2.24) is 9.55 Å². The van der Waals surface area contributed by atoms with Crippen molar-refractivity contribution >= 4 is 40.2 Å². The predicted molar refractivity (Wildman–Crippen MR) is 75.6 cm³/mol. The minimum absolute atomic E-state index is 0.00509. The van der Waals surface area contributed by atoms with E-state index in [-0.39, 0.29) is 22.8 Å². The molecule has 108 valence electrons. The lowest BCUT2D eigenvalue weighted by Gasteiger charge is -2.09. The van der Waals surface area contributed by atoms with Gasteiger partial charge in [0, 0.05) is 12.6 Å². The van der Waals surface area contributed by atoms with Gasteiger partial charge < -0.3 is 9.30 Å². The van der Waals surface area contributed by atoms with Gasteiger partial charge in [-0.05, 0) is 13.0 Å².